The van der Waals surface area contributed by atoms with E-state index in [1.54, 1.807) is 0 Å². The molecule has 1 aliphatic rings. The molecule has 0 atom stereocenters. The third-order valence-electron chi connectivity index (χ3n) is 3.33. The van der Waals surface area contributed by atoms with Gasteiger partial charge < -0.3 is 10.2 Å². The first-order valence-corrected chi connectivity index (χ1v) is 6.42. The van der Waals surface area contributed by atoms with E-state index in [0.717, 1.165) is 32.1 Å². The third-order valence-corrected chi connectivity index (χ3v) is 3.33. The van der Waals surface area contributed by atoms with Gasteiger partial charge in [-0.15, -0.1) is 0 Å². The summed E-state index contributed by atoms with van der Waals surface area (Å²) in [6.45, 7) is 6.19. The fourth-order valence-corrected chi connectivity index (χ4v) is 2.41. The highest BCUT2D eigenvalue weighted by atomic mass is 15.3. The molecule has 1 saturated heterocycles. The average molecular weight is 242 g/mol. The fraction of sp³-hybridized carbons (Fsp3) is 0.357. The molecule has 1 aromatic carbocycles. The Hall–Kier alpha value is -1.81. The van der Waals surface area contributed by atoms with Crippen molar-refractivity contribution in [3.8, 4) is 5.69 Å². The molecular formula is C14H18N4. The number of piperazine rings is 1. The lowest BCUT2D eigenvalue weighted by molar-refractivity contribution is 0.577. The van der Waals surface area contributed by atoms with Gasteiger partial charge >= 0.3 is 0 Å². The van der Waals surface area contributed by atoms with Crippen LogP contribution in [0.4, 0.5) is 5.95 Å². The number of rotatable bonds is 2. The first kappa shape index (κ1) is 11.3. The molecule has 0 saturated carbocycles. The van der Waals surface area contributed by atoms with Crippen LogP contribution in [-0.4, -0.2) is 35.7 Å². The Morgan fingerprint density at radius 2 is 1.83 bits per heavy atom. The molecule has 2 heterocycles. The second kappa shape index (κ2) is 4.82. The van der Waals surface area contributed by atoms with E-state index in [2.05, 4.69) is 51.0 Å². The van der Waals surface area contributed by atoms with E-state index in [1.165, 1.54) is 11.4 Å². The van der Waals surface area contributed by atoms with Crippen molar-refractivity contribution < 1.29 is 0 Å². The minimum atomic E-state index is 1.02. The van der Waals surface area contributed by atoms with Crippen molar-refractivity contribution in [2.75, 3.05) is 31.1 Å². The predicted molar refractivity (Wildman–Crippen MR) is 73.4 cm³/mol. The largest absolute Gasteiger partial charge is 0.339 e. The zero-order valence-corrected chi connectivity index (χ0v) is 10.6. The van der Waals surface area contributed by atoms with E-state index in [4.69, 9.17) is 0 Å². The van der Waals surface area contributed by atoms with Gasteiger partial charge in [-0.2, -0.15) is 0 Å². The summed E-state index contributed by atoms with van der Waals surface area (Å²) in [5.41, 5.74) is 2.36. The van der Waals surface area contributed by atoms with Crippen molar-refractivity contribution in [1.29, 1.82) is 0 Å². The molecule has 1 aliphatic heterocycles. The molecule has 0 amide bonds. The second-order valence-corrected chi connectivity index (χ2v) is 4.61. The summed E-state index contributed by atoms with van der Waals surface area (Å²) in [5, 5.41) is 3.37. The van der Waals surface area contributed by atoms with E-state index in [9.17, 15) is 0 Å². The topological polar surface area (TPSA) is 33.1 Å². The Morgan fingerprint density at radius 3 is 2.56 bits per heavy atom. The minimum absolute atomic E-state index is 1.02. The molecule has 4 heteroatoms. The van der Waals surface area contributed by atoms with Gasteiger partial charge in [0.25, 0.3) is 0 Å². The molecule has 1 fully saturated rings. The van der Waals surface area contributed by atoms with Gasteiger partial charge in [-0.3, -0.25) is 4.57 Å². The number of benzene rings is 1. The van der Waals surface area contributed by atoms with Crippen molar-refractivity contribution in [3.05, 3.63) is 42.2 Å². The smallest absolute Gasteiger partial charge is 0.210 e. The Labute approximate surface area is 107 Å². The zero-order valence-electron chi connectivity index (χ0n) is 10.6. The van der Waals surface area contributed by atoms with Gasteiger partial charge in [-0.25, -0.2) is 4.98 Å². The highest BCUT2D eigenvalue weighted by molar-refractivity contribution is 5.46. The number of para-hydroxylation sites is 1. The SMILES string of the molecule is Cc1cnc(N2CCNCC2)n1-c1ccccc1. The number of hydrogen-bond donors (Lipinski definition) is 1. The van der Waals surface area contributed by atoms with E-state index < -0.39 is 0 Å². The molecular weight excluding hydrogens is 224 g/mol. The molecule has 0 bridgehead atoms. The summed E-state index contributed by atoms with van der Waals surface area (Å²) < 4.78 is 2.23. The summed E-state index contributed by atoms with van der Waals surface area (Å²) in [5.74, 6) is 1.06. The lowest BCUT2D eigenvalue weighted by Crippen LogP contribution is -2.44. The van der Waals surface area contributed by atoms with Gasteiger partial charge in [-0.1, -0.05) is 18.2 Å². The average Bonchev–Trinajstić information content (AvgIpc) is 2.83. The van der Waals surface area contributed by atoms with Gasteiger partial charge in [0.15, 0.2) is 0 Å². The van der Waals surface area contributed by atoms with Crippen molar-refractivity contribution in [2.24, 2.45) is 0 Å². The maximum absolute atomic E-state index is 4.58. The standard InChI is InChI=1S/C14H18N4/c1-12-11-16-14(17-9-7-15-8-10-17)18(12)13-5-3-2-4-6-13/h2-6,11,15H,7-10H2,1H3. The molecule has 0 spiro atoms. The Morgan fingerprint density at radius 1 is 1.11 bits per heavy atom. The van der Waals surface area contributed by atoms with Crippen LogP contribution in [0.3, 0.4) is 0 Å². The van der Waals surface area contributed by atoms with Crippen LogP contribution in [0.2, 0.25) is 0 Å². The molecule has 18 heavy (non-hydrogen) atoms. The van der Waals surface area contributed by atoms with Crippen LogP contribution in [0, 0.1) is 6.92 Å². The molecule has 1 aromatic heterocycles. The monoisotopic (exact) mass is 242 g/mol. The maximum atomic E-state index is 4.58. The van der Waals surface area contributed by atoms with Gasteiger partial charge in [0.1, 0.15) is 0 Å². The second-order valence-electron chi connectivity index (χ2n) is 4.61. The lowest BCUT2D eigenvalue weighted by Gasteiger charge is -2.29. The molecule has 0 radical (unpaired) electrons. The number of hydrogen-bond acceptors (Lipinski definition) is 3. The number of imidazole rings is 1. The number of aromatic nitrogens is 2. The number of aryl methyl sites for hydroxylation is 1. The van der Waals surface area contributed by atoms with E-state index >= 15 is 0 Å². The van der Waals surface area contributed by atoms with Crippen molar-refractivity contribution in [1.82, 2.24) is 14.9 Å². The Balaban J connectivity index is 2.01. The lowest BCUT2D eigenvalue weighted by atomic mass is 10.3. The molecule has 0 unspecified atom stereocenters. The fourth-order valence-electron chi connectivity index (χ4n) is 2.41. The summed E-state index contributed by atoms with van der Waals surface area (Å²) in [6, 6.07) is 10.4. The molecule has 4 nitrogen and oxygen atoms in total. The maximum Gasteiger partial charge on any atom is 0.210 e. The van der Waals surface area contributed by atoms with E-state index in [0.29, 0.717) is 0 Å². The summed E-state index contributed by atoms with van der Waals surface area (Å²) in [7, 11) is 0. The van der Waals surface area contributed by atoms with Crippen LogP contribution in [-0.2, 0) is 0 Å². The number of nitrogens with one attached hydrogen (secondary N) is 1. The van der Waals surface area contributed by atoms with Crippen LogP contribution in [0.5, 0.6) is 0 Å². The van der Waals surface area contributed by atoms with Crippen LogP contribution < -0.4 is 10.2 Å². The molecule has 1 N–H and O–H groups in total. The van der Waals surface area contributed by atoms with Crippen molar-refractivity contribution in [3.63, 3.8) is 0 Å². The van der Waals surface area contributed by atoms with Crippen molar-refractivity contribution >= 4 is 5.95 Å². The molecule has 94 valence electrons. The minimum Gasteiger partial charge on any atom is -0.339 e. The van der Waals surface area contributed by atoms with Gasteiger partial charge in [-0.05, 0) is 19.1 Å². The van der Waals surface area contributed by atoms with Gasteiger partial charge in [0, 0.05) is 37.6 Å². The first-order chi connectivity index (χ1) is 8.86. The van der Waals surface area contributed by atoms with Crippen LogP contribution in [0.25, 0.3) is 5.69 Å². The highest BCUT2D eigenvalue weighted by Crippen LogP contribution is 2.21. The third kappa shape index (κ3) is 1.99. The summed E-state index contributed by atoms with van der Waals surface area (Å²) in [6.07, 6.45) is 1.95. The molecule has 3 rings (SSSR count). The molecule has 2 aromatic rings. The normalized spacial score (nSPS) is 15.9. The predicted octanol–water partition coefficient (Wildman–Crippen LogP) is 1.59. The summed E-state index contributed by atoms with van der Waals surface area (Å²) >= 11 is 0. The number of anilines is 1. The Kier molecular flexibility index (Phi) is 3.02. The van der Waals surface area contributed by atoms with Crippen LogP contribution in [0.1, 0.15) is 5.69 Å². The van der Waals surface area contributed by atoms with E-state index in [-0.39, 0.29) is 0 Å². The quantitative estimate of drug-likeness (QED) is 0.868. The van der Waals surface area contributed by atoms with E-state index in [1.807, 2.05) is 12.3 Å². The molecule has 0 aliphatic carbocycles. The van der Waals surface area contributed by atoms with Crippen LogP contribution >= 0.6 is 0 Å². The zero-order chi connectivity index (χ0) is 12.4. The van der Waals surface area contributed by atoms with Gasteiger partial charge in [0.05, 0.1) is 6.20 Å². The van der Waals surface area contributed by atoms with Gasteiger partial charge in [0.2, 0.25) is 5.95 Å². The number of nitrogens with zero attached hydrogens (tertiary/aromatic N) is 3. The van der Waals surface area contributed by atoms with Crippen molar-refractivity contribution in [2.45, 2.75) is 6.92 Å². The first-order valence-electron chi connectivity index (χ1n) is 6.42. The van der Waals surface area contributed by atoms with Crippen LogP contribution in [0.15, 0.2) is 36.5 Å². The summed E-state index contributed by atoms with van der Waals surface area (Å²) in [4.78, 5) is 6.92. The Bertz CT molecular complexity index is 512. The highest BCUT2D eigenvalue weighted by Gasteiger charge is 2.17.